The SMILES string of the molecule is Cc1ccc(-c2cccc(-c3cc(-c4ccccc4)nc(-c4ccc5c(c4)C4(c6ccccc6Oc6ccccc64)c4ccccc4-5)n3)c2)c(C)n1. The van der Waals surface area contributed by atoms with Crippen molar-refractivity contribution in [1.82, 2.24) is 15.0 Å². The summed E-state index contributed by atoms with van der Waals surface area (Å²) in [6, 6.07) is 57.8. The molecule has 0 bridgehead atoms. The van der Waals surface area contributed by atoms with Gasteiger partial charge in [0.1, 0.15) is 11.5 Å². The maximum absolute atomic E-state index is 6.56. The Balaban J connectivity index is 1.20. The highest BCUT2D eigenvalue weighted by atomic mass is 16.5. The smallest absolute Gasteiger partial charge is 0.160 e. The number of nitrogens with zero attached hydrogens (tertiary/aromatic N) is 3. The first-order valence-electron chi connectivity index (χ1n) is 17.7. The molecule has 1 aliphatic heterocycles. The van der Waals surface area contributed by atoms with E-state index < -0.39 is 5.41 Å². The van der Waals surface area contributed by atoms with Crippen molar-refractivity contribution in [2.45, 2.75) is 19.3 Å². The van der Waals surface area contributed by atoms with Crippen LogP contribution in [0.3, 0.4) is 0 Å². The van der Waals surface area contributed by atoms with Crippen molar-refractivity contribution in [1.29, 1.82) is 0 Å². The van der Waals surface area contributed by atoms with Crippen LogP contribution in [0.1, 0.15) is 33.6 Å². The summed E-state index contributed by atoms with van der Waals surface area (Å²) in [7, 11) is 0. The highest BCUT2D eigenvalue weighted by molar-refractivity contribution is 5.90. The van der Waals surface area contributed by atoms with Gasteiger partial charge in [-0.1, -0.05) is 127 Å². The van der Waals surface area contributed by atoms with Gasteiger partial charge >= 0.3 is 0 Å². The second-order valence-electron chi connectivity index (χ2n) is 13.6. The summed E-state index contributed by atoms with van der Waals surface area (Å²) in [5.41, 5.74) is 15.6. The lowest BCUT2D eigenvalue weighted by Gasteiger charge is -2.39. The molecule has 2 aromatic heterocycles. The Labute approximate surface area is 303 Å². The molecule has 2 aliphatic rings. The van der Waals surface area contributed by atoms with Gasteiger partial charge in [-0.15, -0.1) is 0 Å². The van der Waals surface area contributed by atoms with Gasteiger partial charge in [0.25, 0.3) is 0 Å². The van der Waals surface area contributed by atoms with E-state index in [1.54, 1.807) is 0 Å². The van der Waals surface area contributed by atoms with Gasteiger partial charge in [-0.2, -0.15) is 0 Å². The molecule has 0 unspecified atom stereocenters. The predicted molar refractivity (Wildman–Crippen MR) is 208 cm³/mol. The molecule has 3 heterocycles. The number of aromatic nitrogens is 3. The van der Waals surface area contributed by atoms with Crippen molar-refractivity contribution in [3.05, 3.63) is 197 Å². The van der Waals surface area contributed by atoms with Crippen molar-refractivity contribution in [3.8, 4) is 67.7 Å². The molecule has 6 aromatic carbocycles. The number of pyridine rings is 1. The molecule has 8 aromatic rings. The van der Waals surface area contributed by atoms with Crippen molar-refractivity contribution >= 4 is 0 Å². The average molecular weight is 668 g/mol. The topological polar surface area (TPSA) is 47.9 Å². The third-order valence-electron chi connectivity index (χ3n) is 10.6. The van der Waals surface area contributed by atoms with E-state index in [9.17, 15) is 0 Å². The first kappa shape index (κ1) is 30.2. The number of rotatable bonds is 4. The quantitative estimate of drug-likeness (QED) is 0.187. The largest absolute Gasteiger partial charge is 0.457 e. The summed E-state index contributed by atoms with van der Waals surface area (Å²) in [6.45, 7) is 4.10. The van der Waals surface area contributed by atoms with Crippen LogP contribution in [0.4, 0.5) is 0 Å². The van der Waals surface area contributed by atoms with Crippen LogP contribution in [0.15, 0.2) is 164 Å². The molecule has 0 radical (unpaired) electrons. The van der Waals surface area contributed by atoms with Gasteiger partial charge in [0.15, 0.2) is 5.82 Å². The van der Waals surface area contributed by atoms with Crippen LogP contribution >= 0.6 is 0 Å². The second-order valence-corrected chi connectivity index (χ2v) is 13.6. The van der Waals surface area contributed by atoms with E-state index in [-0.39, 0.29) is 0 Å². The molecule has 246 valence electrons. The maximum atomic E-state index is 6.56. The summed E-state index contributed by atoms with van der Waals surface area (Å²) in [5, 5.41) is 0. The predicted octanol–water partition coefficient (Wildman–Crippen LogP) is 11.6. The molecule has 0 atom stereocenters. The minimum atomic E-state index is -0.568. The number of hydrogen-bond acceptors (Lipinski definition) is 4. The number of hydrogen-bond donors (Lipinski definition) is 0. The van der Waals surface area contributed by atoms with E-state index in [4.69, 9.17) is 19.7 Å². The molecule has 4 heteroatoms. The van der Waals surface area contributed by atoms with Crippen LogP contribution < -0.4 is 4.74 Å². The zero-order valence-electron chi connectivity index (χ0n) is 28.8. The fraction of sp³-hybridized carbons (Fsp3) is 0.0625. The minimum absolute atomic E-state index is 0.568. The number of para-hydroxylation sites is 2. The highest BCUT2D eigenvalue weighted by Gasteiger charge is 2.51. The third-order valence-corrected chi connectivity index (χ3v) is 10.6. The molecular weight excluding hydrogens is 635 g/mol. The van der Waals surface area contributed by atoms with Crippen molar-refractivity contribution in [3.63, 3.8) is 0 Å². The second kappa shape index (κ2) is 11.7. The van der Waals surface area contributed by atoms with Crippen LogP contribution in [0.2, 0.25) is 0 Å². The molecule has 1 aliphatic carbocycles. The molecule has 0 amide bonds. The number of aryl methyl sites for hydroxylation is 2. The lowest BCUT2D eigenvalue weighted by molar-refractivity contribution is 0.436. The summed E-state index contributed by atoms with van der Waals surface area (Å²) in [4.78, 5) is 15.3. The normalized spacial score (nSPS) is 13.1. The Hall–Kier alpha value is -6.65. The minimum Gasteiger partial charge on any atom is -0.457 e. The van der Waals surface area contributed by atoms with E-state index in [0.29, 0.717) is 5.82 Å². The summed E-state index contributed by atoms with van der Waals surface area (Å²) >= 11 is 0. The molecule has 0 N–H and O–H groups in total. The highest BCUT2D eigenvalue weighted by Crippen LogP contribution is 2.62. The number of ether oxygens (including phenoxy) is 1. The molecule has 0 fully saturated rings. The van der Waals surface area contributed by atoms with E-state index >= 15 is 0 Å². The maximum Gasteiger partial charge on any atom is 0.160 e. The lowest BCUT2D eigenvalue weighted by Crippen LogP contribution is -2.32. The molecule has 52 heavy (non-hydrogen) atoms. The summed E-state index contributed by atoms with van der Waals surface area (Å²) < 4.78 is 6.56. The Kier molecular flexibility index (Phi) is 6.80. The van der Waals surface area contributed by atoms with Crippen LogP contribution in [0.25, 0.3) is 56.2 Å². The zero-order chi connectivity index (χ0) is 34.8. The van der Waals surface area contributed by atoms with Gasteiger partial charge < -0.3 is 4.74 Å². The lowest BCUT2D eigenvalue weighted by atomic mass is 9.66. The molecule has 1 spiro atoms. The Morgan fingerprint density at radius 1 is 0.404 bits per heavy atom. The van der Waals surface area contributed by atoms with E-state index in [1.165, 1.54) is 22.3 Å². The standard InChI is InChI=1S/C48H33N3O/c1-30-23-25-36(31(2)49-30)33-15-12-16-34(27-33)44-29-43(32-13-4-3-5-14-32)50-47(51-44)35-24-26-38-37-17-6-7-18-39(37)48(42(38)28-35)40-19-8-10-21-45(40)52-46-22-11-9-20-41(46)48/h3-29H,1-2H3. The van der Waals surface area contributed by atoms with Gasteiger partial charge in [0.2, 0.25) is 0 Å². The molecule has 0 saturated carbocycles. The van der Waals surface area contributed by atoms with Gasteiger partial charge in [-0.3, -0.25) is 4.98 Å². The first-order chi connectivity index (χ1) is 25.6. The Bertz CT molecular complexity index is 2650. The molecular formula is C48H33N3O. The summed E-state index contributed by atoms with van der Waals surface area (Å²) in [6.07, 6.45) is 0. The molecule has 4 nitrogen and oxygen atoms in total. The zero-order valence-corrected chi connectivity index (χ0v) is 28.8. The Morgan fingerprint density at radius 2 is 1.00 bits per heavy atom. The van der Waals surface area contributed by atoms with Crippen LogP contribution in [-0.2, 0) is 5.41 Å². The van der Waals surface area contributed by atoms with E-state index in [1.807, 2.05) is 13.0 Å². The van der Waals surface area contributed by atoms with Crippen LogP contribution in [-0.4, -0.2) is 15.0 Å². The van der Waals surface area contributed by atoms with Crippen molar-refractivity contribution < 1.29 is 4.74 Å². The van der Waals surface area contributed by atoms with Crippen LogP contribution in [0.5, 0.6) is 11.5 Å². The van der Waals surface area contributed by atoms with Crippen LogP contribution in [0, 0.1) is 13.8 Å². The number of fused-ring (bicyclic) bond motifs is 9. The first-order valence-corrected chi connectivity index (χ1v) is 17.7. The fourth-order valence-electron chi connectivity index (χ4n) is 8.31. The monoisotopic (exact) mass is 667 g/mol. The van der Waals surface area contributed by atoms with Gasteiger partial charge in [0.05, 0.1) is 16.8 Å². The Morgan fingerprint density at radius 3 is 1.75 bits per heavy atom. The molecule has 10 rings (SSSR count). The van der Waals surface area contributed by atoms with Gasteiger partial charge in [-0.05, 0) is 78.1 Å². The van der Waals surface area contributed by atoms with Gasteiger partial charge in [0, 0.05) is 44.8 Å². The van der Waals surface area contributed by atoms with E-state index in [0.717, 1.165) is 73.2 Å². The number of benzene rings is 6. The molecule has 0 saturated heterocycles. The fourth-order valence-corrected chi connectivity index (χ4v) is 8.31. The van der Waals surface area contributed by atoms with Crippen molar-refractivity contribution in [2.24, 2.45) is 0 Å². The third kappa shape index (κ3) is 4.58. The average Bonchev–Trinajstić information content (AvgIpc) is 3.48. The summed E-state index contributed by atoms with van der Waals surface area (Å²) in [5.74, 6) is 2.42. The van der Waals surface area contributed by atoms with Gasteiger partial charge in [-0.25, -0.2) is 9.97 Å². The van der Waals surface area contributed by atoms with Crippen molar-refractivity contribution in [2.75, 3.05) is 0 Å². The van der Waals surface area contributed by atoms with E-state index in [2.05, 4.69) is 165 Å².